The Morgan fingerprint density at radius 1 is 1.00 bits per heavy atom. The topological polar surface area (TPSA) is 58.6 Å². The second-order valence-electron chi connectivity index (χ2n) is 9.26. The highest BCUT2D eigenvalue weighted by Crippen LogP contribution is 2.48. The Balaban J connectivity index is 1.69. The summed E-state index contributed by atoms with van der Waals surface area (Å²) in [5.74, 6) is 0.337. The van der Waals surface area contributed by atoms with Crippen molar-refractivity contribution in [2.45, 2.75) is 38.6 Å². The second-order valence-corrected chi connectivity index (χ2v) is 9.26. The third-order valence-corrected chi connectivity index (χ3v) is 7.05. The van der Waals surface area contributed by atoms with Crippen molar-refractivity contribution in [1.82, 2.24) is 0 Å². The van der Waals surface area contributed by atoms with Gasteiger partial charge in [-0.25, -0.2) is 0 Å². The van der Waals surface area contributed by atoms with Crippen molar-refractivity contribution in [2.24, 2.45) is 5.92 Å². The van der Waals surface area contributed by atoms with E-state index in [-0.39, 0.29) is 17.6 Å². The van der Waals surface area contributed by atoms with Gasteiger partial charge in [-0.15, -0.1) is 0 Å². The number of carbonyl (C=O) groups excluding carboxylic acids is 2. The molecule has 0 saturated carbocycles. The number of nitrogens with zero attached hydrogens (tertiary/aromatic N) is 1. The van der Waals surface area contributed by atoms with E-state index < -0.39 is 12.0 Å². The van der Waals surface area contributed by atoms with Crippen molar-refractivity contribution in [1.29, 1.82) is 0 Å². The molecule has 5 rings (SSSR count). The number of ketones is 1. The van der Waals surface area contributed by atoms with Gasteiger partial charge < -0.3 is 15.0 Å². The van der Waals surface area contributed by atoms with Crippen molar-refractivity contribution < 1.29 is 14.3 Å². The lowest BCUT2D eigenvalue weighted by atomic mass is 9.76. The first-order valence-corrected chi connectivity index (χ1v) is 12.1. The summed E-state index contributed by atoms with van der Waals surface area (Å²) in [4.78, 5) is 29.2. The number of Topliss-reactive ketones (excluding diaryl/α,β-unsaturated/α-hetero) is 1. The molecular formula is C30H30N2O3. The first-order chi connectivity index (χ1) is 17.0. The molecule has 0 radical (unpaired) electrons. The summed E-state index contributed by atoms with van der Waals surface area (Å²) in [7, 11) is 1.63. The number of benzene rings is 3. The summed E-state index contributed by atoms with van der Waals surface area (Å²) in [6.07, 6.45) is 2.92. The van der Waals surface area contributed by atoms with Crippen molar-refractivity contribution >= 4 is 23.1 Å². The molecule has 0 aromatic heterocycles. The molecule has 0 spiro atoms. The van der Waals surface area contributed by atoms with Crippen LogP contribution in [-0.4, -0.2) is 18.8 Å². The summed E-state index contributed by atoms with van der Waals surface area (Å²) in [6, 6.07) is 23.4. The van der Waals surface area contributed by atoms with Crippen LogP contribution in [0, 0.1) is 12.8 Å². The molecule has 1 amide bonds. The Labute approximate surface area is 206 Å². The number of carbonyl (C=O) groups is 2. The summed E-state index contributed by atoms with van der Waals surface area (Å²) >= 11 is 0. The maximum atomic E-state index is 13.9. The number of hydrogen-bond acceptors (Lipinski definition) is 4. The van der Waals surface area contributed by atoms with Gasteiger partial charge in [0.25, 0.3) is 0 Å². The third kappa shape index (κ3) is 4.23. The predicted molar refractivity (Wildman–Crippen MR) is 139 cm³/mol. The van der Waals surface area contributed by atoms with E-state index >= 15 is 0 Å². The van der Waals surface area contributed by atoms with Crippen LogP contribution in [0.3, 0.4) is 0 Å². The van der Waals surface area contributed by atoms with Crippen molar-refractivity contribution in [3.63, 3.8) is 0 Å². The van der Waals surface area contributed by atoms with Gasteiger partial charge >= 0.3 is 0 Å². The Kier molecular flexibility index (Phi) is 6.16. The minimum absolute atomic E-state index is 0.0149. The van der Waals surface area contributed by atoms with Gasteiger partial charge in [0, 0.05) is 24.5 Å². The number of allylic oxidation sites excluding steroid dienone is 1. The van der Waals surface area contributed by atoms with E-state index in [9.17, 15) is 9.59 Å². The zero-order valence-electron chi connectivity index (χ0n) is 20.3. The summed E-state index contributed by atoms with van der Waals surface area (Å²) in [6.45, 7) is 3.92. The zero-order chi connectivity index (χ0) is 24.5. The number of nitrogens with one attached hydrogen (secondary N) is 1. The minimum atomic E-state index is -0.493. The van der Waals surface area contributed by atoms with Gasteiger partial charge in [0.05, 0.1) is 30.4 Å². The molecular weight excluding hydrogens is 436 g/mol. The van der Waals surface area contributed by atoms with Gasteiger partial charge in [0.15, 0.2) is 0 Å². The number of ether oxygens (including phenoxy) is 1. The fraction of sp³-hybridized carbons (Fsp3) is 0.267. The van der Waals surface area contributed by atoms with E-state index in [1.165, 1.54) is 5.56 Å². The number of anilines is 2. The first-order valence-electron chi connectivity index (χ1n) is 12.1. The fourth-order valence-electron chi connectivity index (χ4n) is 5.24. The van der Waals surface area contributed by atoms with Gasteiger partial charge in [-0.3, -0.25) is 9.59 Å². The number of hydrogen-bond donors (Lipinski definition) is 1. The number of amides is 1. The molecule has 1 N–H and O–H groups in total. The summed E-state index contributed by atoms with van der Waals surface area (Å²) < 4.78 is 5.36. The highest BCUT2D eigenvalue weighted by molar-refractivity contribution is 6.01. The number of methoxy groups -OCH3 is 1. The molecule has 2 aliphatic rings. The Bertz CT molecular complexity index is 1280. The first kappa shape index (κ1) is 22.9. The lowest BCUT2D eigenvalue weighted by Crippen LogP contribution is -2.42. The molecule has 0 bridgehead atoms. The van der Waals surface area contributed by atoms with Gasteiger partial charge in [-0.05, 0) is 42.3 Å². The van der Waals surface area contributed by atoms with E-state index in [4.69, 9.17) is 4.74 Å². The monoisotopic (exact) mass is 466 g/mol. The lowest BCUT2D eigenvalue weighted by molar-refractivity contribution is -0.123. The van der Waals surface area contributed by atoms with Crippen LogP contribution in [0.1, 0.15) is 48.4 Å². The molecule has 0 saturated heterocycles. The zero-order valence-corrected chi connectivity index (χ0v) is 20.3. The second kappa shape index (κ2) is 9.41. The van der Waals surface area contributed by atoms with Gasteiger partial charge in [-0.2, -0.15) is 0 Å². The van der Waals surface area contributed by atoms with Crippen LogP contribution in [0.5, 0.6) is 5.75 Å². The molecule has 1 heterocycles. The molecule has 5 heteroatoms. The molecule has 0 fully saturated rings. The van der Waals surface area contributed by atoms with Crippen LogP contribution >= 0.6 is 0 Å². The molecule has 1 aliphatic carbocycles. The Morgan fingerprint density at radius 2 is 1.69 bits per heavy atom. The van der Waals surface area contributed by atoms with E-state index in [0.29, 0.717) is 12.8 Å². The molecule has 5 nitrogen and oxygen atoms in total. The maximum absolute atomic E-state index is 13.9. The van der Waals surface area contributed by atoms with Crippen LogP contribution in [0.15, 0.2) is 84.6 Å². The standard InChI is InChI=1S/C30H30N2O3/c1-4-28(34)32-26-8-6-5-7-24(26)31-25-17-22(20-11-9-19(2)10-12-20)18-27(33)29(25)30(32)21-13-15-23(35-3)16-14-21/h5-17,22,29-31H,4,18H2,1-3H3. The smallest absolute Gasteiger partial charge is 0.227 e. The van der Waals surface area contributed by atoms with Gasteiger partial charge in [0.2, 0.25) is 5.91 Å². The van der Waals surface area contributed by atoms with Crippen LogP contribution < -0.4 is 15.0 Å². The minimum Gasteiger partial charge on any atom is -0.497 e. The van der Waals surface area contributed by atoms with Crippen molar-refractivity contribution in [3.8, 4) is 5.75 Å². The highest BCUT2D eigenvalue weighted by atomic mass is 16.5. The van der Waals surface area contributed by atoms with Crippen molar-refractivity contribution in [2.75, 3.05) is 17.3 Å². The largest absolute Gasteiger partial charge is 0.497 e. The summed E-state index contributed by atoms with van der Waals surface area (Å²) in [5.41, 5.74) is 5.69. The molecule has 3 aromatic carbocycles. The SMILES string of the molecule is CCC(=O)N1c2ccccc2NC2=CC(c3ccc(C)cc3)CC(=O)C2C1c1ccc(OC)cc1. The lowest BCUT2D eigenvalue weighted by Gasteiger charge is -2.37. The number of aryl methyl sites for hydroxylation is 1. The Hall–Kier alpha value is -3.86. The van der Waals surface area contributed by atoms with Crippen molar-refractivity contribution in [3.05, 3.63) is 101 Å². The van der Waals surface area contributed by atoms with Crippen LogP contribution in [0.25, 0.3) is 0 Å². The molecule has 3 unspecified atom stereocenters. The van der Waals surface area contributed by atoms with Gasteiger partial charge in [-0.1, -0.05) is 67.1 Å². The number of fused-ring (bicyclic) bond motifs is 2. The third-order valence-electron chi connectivity index (χ3n) is 7.05. The molecule has 35 heavy (non-hydrogen) atoms. The normalized spacial score (nSPS) is 21.2. The maximum Gasteiger partial charge on any atom is 0.227 e. The Morgan fingerprint density at radius 3 is 2.37 bits per heavy atom. The highest BCUT2D eigenvalue weighted by Gasteiger charge is 2.44. The summed E-state index contributed by atoms with van der Waals surface area (Å²) in [5, 5.41) is 3.56. The average molecular weight is 467 g/mol. The van der Waals surface area contributed by atoms with E-state index in [2.05, 4.69) is 42.6 Å². The van der Waals surface area contributed by atoms with Gasteiger partial charge in [0.1, 0.15) is 11.5 Å². The van der Waals surface area contributed by atoms with E-state index in [1.54, 1.807) is 7.11 Å². The van der Waals surface area contributed by atoms with Crippen LogP contribution in [0.2, 0.25) is 0 Å². The van der Waals surface area contributed by atoms with E-state index in [0.717, 1.165) is 33.9 Å². The molecule has 3 aromatic rings. The number of para-hydroxylation sites is 2. The van der Waals surface area contributed by atoms with Crippen LogP contribution in [0.4, 0.5) is 11.4 Å². The predicted octanol–water partition coefficient (Wildman–Crippen LogP) is 6.17. The fourth-order valence-corrected chi connectivity index (χ4v) is 5.24. The number of rotatable bonds is 4. The average Bonchev–Trinajstić information content (AvgIpc) is 3.03. The van der Waals surface area contributed by atoms with E-state index in [1.807, 2.05) is 60.4 Å². The molecule has 1 aliphatic heterocycles. The molecule has 178 valence electrons. The molecule has 3 atom stereocenters. The van der Waals surface area contributed by atoms with Crippen LogP contribution in [-0.2, 0) is 9.59 Å². The quantitative estimate of drug-likeness (QED) is 0.500.